The standard InChI is InChI=1S/C18H28N2O3/c1-5-13(2)19-18(21)7-9-20-8-6-14-10-16(22-3)17(23-4)11-15(14)12-20/h10-11,13H,5-9,12H2,1-4H3,(H,19,21). The fraction of sp³-hybridized carbons (Fsp3) is 0.611. The van der Waals surface area contributed by atoms with Gasteiger partial charge >= 0.3 is 0 Å². The number of nitrogens with one attached hydrogen (secondary N) is 1. The Morgan fingerprint density at radius 1 is 1.26 bits per heavy atom. The van der Waals surface area contributed by atoms with E-state index in [1.54, 1.807) is 14.2 Å². The van der Waals surface area contributed by atoms with Gasteiger partial charge in [-0.3, -0.25) is 9.69 Å². The molecule has 2 rings (SSSR count). The van der Waals surface area contributed by atoms with E-state index in [0.29, 0.717) is 6.42 Å². The fourth-order valence-corrected chi connectivity index (χ4v) is 2.84. The van der Waals surface area contributed by atoms with Gasteiger partial charge in [0.05, 0.1) is 14.2 Å². The summed E-state index contributed by atoms with van der Waals surface area (Å²) in [5, 5.41) is 3.02. The number of methoxy groups -OCH3 is 2. The first-order valence-corrected chi connectivity index (χ1v) is 8.32. The van der Waals surface area contributed by atoms with E-state index in [0.717, 1.165) is 44.0 Å². The molecule has 0 aromatic heterocycles. The average molecular weight is 320 g/mol. The summed E-state index contributed by atoms with van der Waals surface area (Å²) in [6.07, 6.45) is 2.49. The molecule has 1 amide bonds. The van der Waals surface area contributed by atoms with Crippen LogP contribution in [0.5, 0.6) is 11.5 Å². The summed E-state index contributed by atoms with van der Waals surface area (Å²) in [6, 6.07) is 4.38. The second-order valence-electron chi connectivity index (χ2n) is 6.13. The third-order valence-electron chi connectivity index (χ3n) is 4.47. The quantitative estimate of drug-likeness (QED) is 0.838. The lowest BCUT2D eigenvalue weighted by molar-refractivity contribution is -0.122. The van der Waals surface area contributed by atoms with E-state index < -0.39 is 0 Å². The maximum absolute atomic E-state index is 11.9. The summed E-state index contributed by atoms with van der Waals surface area (Å²) in [4.78, 5) is 14.2. The van der Waals surface area contributed by atoms with Crippen LogP contribution in [0.15, 0.2) is 12.1 Å². The second-order valence-corrected chi connectivity index (χ2v) is 6.13. The minimum Gasteiger partial charge on any atom is -0.493 e. The number of hydrogen-bond acceptors (Lipinski definition) is 4. The number of ether oxygens (including phenoxy) is 2. The summed E-state index contributed by atoms with van der Waals surface area (Å²) in [5.41, 5.74) is 2.57. The molecule has 5 heteroatoms. The molecule has 0 spiro atoms. The van der Waals surface area contributed by atoms with E-state index in [2.05, 4.69) is 29.3 Å². The van der Waals surface area contributed by atoms with Gasteiger partial charge in [-0.2, -0.15) is 0 Å². The van der Waals surface area contributed by atoms with Crippen LogP contribution in [0, 0.1) is 0 Å². The number of benzene rings is 1. The van der Waals surface area contributed by atoms with Crippen LogP contribution in [0.25, 0.3) is 0 Å². The third kappa shape index (κ3) is 4.61. The monoisotopic (exact) mass is 320 g/mol. The van der Waals surface area contributed by atoms with Crippen molar-refractivity contribution in [2.45, 2.75) is 45.7 Å². The van der Waals surface area contributed by atoms with Gasteiger partial charge in [0.2, 0.25) is 5.91 Å². The zero-order valence-electron chi connectivity index (χ0n) is 14.6. The molecule has 1 heterocycles. The molecule has 0 saturated heterocycles. The van der Waals surface area contributed by atoms with Crippen LogP contribution in [0.3, 0.4) is 0 Å². The molecule has 5 nitrogen and oxygen atoms in total. The summed E-state index contributed by atoms with van der Waals surface area (Å²) in [5.74, 6) is 1.69. The summed E-state index contributed by atoms with van der Waals surface area (Å²) < 4.78 is 10.7. The van der Waals surface area contributed by atoms with E-state index in [1.807, 2.05) is 6.92 Å². The Balaban J connectivity index is 1.93. The van der Waals surface area contributed by atoms with Gasteiger partial charge in [0.1, 0.15) is 0 Å². The number of nitrogens with zero attached hydrogens (tertiary/aromatic N) is 1. The number of fused-ring (bicyclic) bond motifs is 1. The van der Waals surface area contributed by atoms with Crippen LogP contribution < -0.4 is 14.8 Å². The van der Waals surface area contributed by atoms with Gasteiger partial charge in [-0.25, -0.2) is 0 Å². The van der Waals surface area contributed by atoms with Gasteiger partial charge in [0.25, 0.3) is 0 Å². The minimum absolute atomic E-state index is 0.137. The molecule has 128 valence electrons. The van der Waals surface area contributed by atoms with Crippen LogP contribution in [-0.4, -0.2) is 44.2 Å². The molecule has 23 heavy (non-hydrogen) atoms. The molecule has 1 aromatic rings. The highest BCUT2D eigenvalue weighted by atomic mass is 16.5. The normalized spacial score (nSPS) is 15.7. The second kappa shape index (κ2) is 8.20. The van der Waals surface area contributed by atoms with Crippen molar-refractivity contribution in [1.29, 1.82) is 0 Å². The van der Waals surface area contributed by atoms with E-state index in [9.17, 15) is 4.79 Å². The molecule has 1 aromatic carbocycles. The van der Waals surface area contributed by atoms with E-state index >= 15 is 0 Å². The number of carbonyl (C=O) groups is 1. The predicted molar refractivity (Wildman–Crippen MR) is 91.0 cm³/mol. The SMILES string of the molecule is CCC(C)NC(=O)CCN1CCc2cc(OC)c(OC)cc2C1. The van der Waals surface area contributed by atoms with Crippen LogP contribution >= 0.6 is 0 Å². The number of hydrogen-bond donors (Lipinski definition) is 1. The maximum atomic E-state index is 11.9. The molecule has 0 radical (unpaired) electrons. The highest BCUT2D eigenvalue weighted by molar-refractivity contribution is 5.76. The van der Waals surface area contributed by atoms with E-state index in [1.165, 1.54) is 11.1 Å². The Morgan fingerprint density at radius 2 is 1.91 bits per heavy atom. The van der Waals surface area contributed by atoms with E-state index in [-0.39, 0.29) is 11.9 Å². The molecule has 0 bridgehead atoms. The molecule has 1 aliphatic rings. The van der Waals surface area contributed by atoms with Crippen LogP contribution in [0.1, 0.15) is 37.8 Å². The molecule has 0 aliphatic carbocycles. The lowest BCUT2D eigenvalue weighted by Crippen LogP contribution is -2.37. The van der Waals surface area contributed by atoms with Crippen molar-refractivity contribution in [1.82, 2.24) is 10.2 Å². The van der Waals surface area contributed by atoms with Crippen LogP contribution in [0.4, 0.5) is 0 Å². The summed E-state index contributed by atoms with van der Waals surface area (Å²) in [7, 11) is 3.32. The van der Waals surface area contributed by atoms with Crippen LogP contribution in [-0.2, 0) is 17.8 Å². The van der Waals surface area contributed by atoms with Crippen molar-refractivity contribution in [2.75, 3.05) is 27.3 Å². The smallest absolute Gasteiger partial charge is 0.221 e. The predicted octanol–water partition coefficient (Wildman–Crippen LogP) is 2.37. The Morgan fingerprint density at radius 3 is 2.52 bits per heavy atom. The first-order chi connectivity index (χ1) is 11.1. The first kappa shape index (κ1) is 17.6. The Bertz CT molecular complexity index is 545. The highest BCUT2D eigenvalue weighted by Gasteiger charge is 2.20. The van der Waals surface area contributed by atoms with Crippen molar-refractivity contribution < 1.29 is 14.3 Å². The largest absolute Gasteiger partial charge is 0.493 e. The first-order valence-electron chi connectivity index (χ1n) is 8.32. The summed E-state index contributed by atoms with van der Waals surface area (Å²) in [6.45, 7) is 6.73. The van der Waals surface area contributed by atoms with Gasteiger partial charge in [0.15, 0.2) is 11.5 Å². The van der Waals surface area contributed by atoms with Gasteiger partial charge in [-0.1, -0.05) is 6.92 Å². The van der Waals surface area contributed by atoms with Gasteiger partial charge < -0.3 is 14.8 Å². The highest BCUT2D eigenvalue weighted by Crippen LogP contribution is 2.33. The number of carbonyl (C=O) groups excluding carboxylic acids is 1. The Hall–Kier alpha value is -1.75. The molecule has 0 saturated carbocycles. The topological polar surface area (TPSA) is 50.8 Å². The zero-order chi connectivity index (χ0) is 16.8. The molecule has 0 fully saturated rings. The third-order valence-corrected chi connectivity index (χ3v) is 4.47. The Kier molecular flexibility index (Phi) is 6.28. The summed E-state index contributed by atoms with van der Waals surface area (Å²) >= 11 is 0. The molecule has 1 atom stereocenters. The number of rotatable bonds is 7. The average Bonchev–Trinajstić information content (AvgIpc) is 2.58. The lowest BCUT2D eigenvalue weighted by Gasteiger charge is -2.29. The van der Waals surface area contributed by atoms with Gasteiger partial charge in [-0.15, -0.1) is 0 Å². The Labute approximate surface area is 139 Å². The van der Waals surface area contributed by atoms with Crippen LogP contribution in [0.2, 0.25) is 0 Å². The van der Waals surface area contributed by atoms with E-state index in [4.69, 9.17) is 9.47 Å². The van der Waals surface area contributed by atoms with Gasteiger partial charge in [-0.05, 0) is 43.0 Å². The zero-order valence-corrected chi connectivity index (χ0v) is 14.6. The van der Waals surface area contributed by atoms with Crippen molar-refractivity contribution >= 4 is 5.91 Å². The molecular formula is C18H28N2O3. The molecule has 1 N–H and O–H groups in total. The molecular weight excluding hydrogens is 292 g/mol. The van der Waals surface area contributed by atoms with Gasteiger partial charge in [0, 0.05) is 32.1 Å². The van der Waals surface area contributed by atoms with Crippen molar-refractivity contribution in [2.24, 2.45) is 0 Å². The maximum Gasteiger partial charge on any atom is 0.221 e. The van der Waals surface area contributed by atoms with Crippen molar-refractivity contribution in [3.63, 3.8) is 0 Å². The molecule has 1 aliphatic heterocycles. The molecule has 1 unspecified atom stereocenters. The lowest BCUT2D eigenvalue weighted by atomic mass is 9.98. The van der Waals surface area contributed by atoms with Crippen molar-refractivity contribution in [3.05, 3.63) is 23.3 Å². The fourth-order valence-electron chi connectivity index (χ4n) is 2.84. The van der Waals surface area contributed by atoms with Crippen molar-refractivity contribution in [3.8, 4) is 11.5 Å². The minimum atomic E-state index is 0.137. The number of amides is 1.